The molecule has 0 bridgehead atoms. The molecule has 2 nitrogen and oxygen atoms in total. The molecule has 0 radical (unpaired) electrons. The van der Waals surface area contributed by atoms with Crippen molar-refractivity contribution in [1.82, 2.24) is 4.57 Å². The SMILES string of the molecule is CC1(C)c2ccccc2-c2ccc(N(c3ccc4c5ccccc5n(-c5ccccc5-c5ccccc5)c4c3)c3ccccc3-c3ccc4ccccc4c3)cc21. The maximum absolute atomic E-state index is 2.48. The van der Waals surface area contributed by atoms with Crippen molar-refractivity contribution in [2.75, 3.05) is 4.90 Å². The van der Waals surface area contributed by atoms with Crippen molar-refractivity contribution in [3.8, 4) is 39.1 Å². The van der Waals surface area contributed by atoms with Gasteiger partial charge in [-0.2, -0.15) is 0 Å². The van der Waals surface area contributed by atoms with Crippen molar-refractivity contribution >= 4 is 49.6 Å². The second-order valence-electron chi connectivity index (χ2n) is 15.8. The summed E-state index contributed by atoms with van der Waals surface area (Å²) in [5.74, 6) is 0. The van der Waals surface area contributed by atoms with Crippen molar-refractivity contribution < 1.29 is 0 Å². The fourth-order valence-electron chi connectivity index (χ4n) is 9.42. The first-order valence-electron chi connectivity index (χ1n) is 19.9. The Hall–Kier alpha value is -7.16. The van der Waals surface area contributed by atoms with Crippen molar-refractivity contribution in [3.63, 3.8) is 0 Å². The lowest BCUT2D eigenvalue weighted by molar-refractivity contribution is 0.660. The molecule has 9 aromatic carbocycles. The molecule has 0 fully saturated rings. The minimum atomic E-state index is -0.136. The summed E-state index contributed by atoms with van der Waals surface area (Å²) in [5.41, 5.74) is 16.9. The lowest BCUT2D eigenvalue weighted by Crippen LogP contribution is -2.17. The summed E-state index contributed by atoms with van der Waals surface area (Å²) in [6, 6.07) is 75.8. The fraction of sp³-hybridized carbons (Fsp3) is 0.0545. The third-order valence-corrected chi connectivity index (χ3v) is 12.2. The minimum Gasteiger partial charge on any atom is -0.310 e. The van der Waals surface area contributed by atoms with Gasteiger partial charge < -0.3 is 9.47 Å². The van der Waals surface area contributed by atoms with Gasteiger partial charge in [0.1, 0.15) is 0 Å². The van der Waals surface area contributed by atoms with Crippen LogP contribution in [-0.2, 0) is 5.41 Å². The summed E-state index contributed by atoms with van der Waals surface area (Å²) in [5, 5.41) is 4.94. The van der Waals surface area contributed by atoms with Crippen LogP contribution in [0.4, 0.5) is 17.1 Å². The largest absolute Gasteiger partial charge is 0.310 e. The summed E-state index contributed by atoms with van der Waals surface area (Å²) in [6.07, 6.45) is 0. The van der Waals surface area contributed by atoms with Crippen LogP contribution in [0.2, 0.25) is 0 Å². The lowest BCUT2D eigenvalue weighted by atomic mass is 9.82. The molecule has 1 aliphatic carbocycles. The predicted octanol–water partition coefficient (Wildman–Crippen LogP) is 15.0. The monoisotopic (exact) mass is 728 g/mol. The number of fused-ring (bicyclic) bond motifs is 7. The quantitative estimate of drug-likeness (QED) is 0.165. The maximum Gasteiger partial charge on any atom is 0.0562 e. The minimum absolute atomic E-state index is 0.136. The second kappa shape index (κ2) is 13.0. The van der Waals surface area contributed by atoms with Gasteiger partial charge in [0.2, 0.25) is 0 Å². The molecule has 0 saturated heterocycles. The highest BCUT2D eigenvalue weighted by Gasteiger charge is 2.36. The zero-order chi connectivity index (χ0) is 38.1. The molecule has 0 aliphatic heterocycles. The van der Waals surface area contributed by atoms with E-state index < -0.39 is 0 Å². The van der Waals surface area contributed by atoms with Crippen molar-refractivity contribution in [2.45, 2.75) is 19.3 Å². The molecule has 2 heteroatoms. The van der Waals surface area contributed by atoms with E-state index in [9.17, 15) is 0 Å². The molecule has 0 amide bonds. The first kappa shape index (κ1) is 33.2. The highest BCUT2D eigenvalue weighted by atomic mass is 15.1. The molecule has 0 N–H and O–H groups in total. The maximum atomic E-state index is 2.48. The third-order valence-electron chi connectivity index (χ3n) is 12.2. The molecule has 270 valence electrons. The number of nitrogens with zero attached hydrogens (tertiary/aromatic N) is 2. The summed E-state index contributed by atoms with van der Waals surface area (Å²) in [7, 11) is 0. The van der Waals surface area contributed by atoms with Crippen LogP contribution in [-0.4, -0.2) is 4.57 Å². The van der Waals surface area contributed by atoms with Crippen LogP contribution in [0, 0.1) is 0 Å². The number of para-hydroxylation sites is 3. The van der Waals surface area contributed by atoms with Gasteiger partial charge in [0, 0.05) is 38.7 Å². The normalized spacial score (nSPS) is 12.9. The van der Waals surface area contributed by atoms with Gasteiger partial charge >= 0.3 is 0 Å². The van der Waals surface area contributed by atoms with Gasteiger partial charge in [0.25, 0.3) is 0 Å². The van der Waals surface area contributed by atoms with Gasteiger partial charge in [-0.25, -0.2) is 0 Å². The Labute approximate surface area is 333 Å². The Kier molecular flexibility index (Phi) is 7.55. The molecule has 1 aliphatic rings. The third kappa shape index (κ3) is 5.25. The Morgan fingerprint density at radius 1 is 0.386 bits per heavy atom. The summed E-state index contributed by atoms with van der Waals surface area (Å²) in [6.45, 7) is 4.73. The molecule has 57 heavy (non-hydrogen) atoms. The number of hydrogen-bond acceptors (Lipinski definition) is 1. The number of aromatic nitrogens is 1. The van der Waals surface area contributed by atoms with E-state index in [0.717, 1.165) is 22.7 Å². The molecule has 0 saturated carbocycles. The highest BCUT2D eigenvalue weighted by Crippen LogP contribution is 2.51. The molecule has 10 aromatic rings. The topological polar surface area (TPSA) is 8.17 Å². The average molecular weight is 729 g/mol. The van der Waals surface area contributed by atoms with Gasteiger partial charge in [-0.1, -0.05) is 172 Å². The molecule has 0 unspecified atom stereocenters. The Morgan fingerprint density at radius 3 is 1.89 bits per heavy atom. The molecular formula is C55H40N2. The van der Waals surface area contributed by atoms with Crippen LogP contribution in [0.15, 0.2) is 206 Å². The van der Waals surface area contributed by atoms with Gasteiger partial charge in [0.05, 0.1) is 22.4 Å². The van der Waals surface area contributed by atoms with Gasteiger partial charge in [-0.05, 0) is 92.7 Å². The molecule has 11 rings (SSSR count). The first-order valence-corrected chi connectivity index (χ1v) is 19.9. The molecule has 0 atom stereocenters. The van der Waals surface area contributed by atoms with E-state index in [-0.39, 0.29) is 5.41 Å². The number of rotatable bonds is 6. The van der Waals surface area contributed by atoms with E-state index in [1.54, 1.807) is 0 Å². The van der Waals surface area contributed by atoms with E-state index in [2.05, 4.69) is 230 Å². The van der Waals surface area contributed by atoms with E-state index in [1.807, 2.05) is 0 Å². The van der Waals surface area contributed by atoms with E-state index in [1.165, 1.54) is 77.1 Å². The fourth-order valence-corrected chi connectivity index (χ4v) is 9.42. The standard InChI is InChI=1S/C55H40N2/c1-55(2)49-24-12-8-22-45(49)46-32-30-41(35-50(46)55)56(51-25-13-10-21-44(51)40-29-28-37-16-6-7-19-39(37)34-40)42-31-33-48-47-23-11-15-27-53(47)57(54(48)36-42)52-26-14-9-20-43(52)38-17-4-3-5-18-38/h3-36H,1-2H3. The molecule has 0 spiro atoms. The molecular weight excluding hydrogens is 689 g/mol. The zero-order valence-electron chi connectivity index (χ0n) is 32.0. The van der Waals surface area contributed by atoms with Gasteiger partial charge in [0.15, 0.2) is 0 Å². The van der Waals surface area contributed by atoms with Gasteiger partial charge in [-0.3, -0.25) is 0 Å². The average Bonchev–Trinajstić information content (AvgIpc) is 3.71. The molecule has 1 heterocycles. The zero-order valence-corrected chi connectivity index (χ0v) is 32.0. The Bertz CT molecular complexity index is 3170. The number of benzene rings is 9. The van der Waals surface area contributed by atoms with E-state index in [4.69, 9.17) is 0 Å². The van der Waals surface area contributed by atoms with Crippen molar-refractivity contribution in [3.05, 3.63) is 217 Å². The van der Waals surface area contributed by atoms with Gasteiger partial charge in [-0.15, -0.1) is 0 Å². The summed E-state index contributed by atoms with van der Waals surface area (Å²) >= 11 is 0. The van der Waals surface area contributed by atoms with Crippen LogP contribution in [0.3, 0.4) is 0 Å². The second-order valence-corrected chi connectivity index (χ2v) is 15.8. The smallest absolute Gasteiger partial charge is 0.0562 e. The summed E-state index contributed by atoms with van der Waals surface area (Å²) < 4.78 is 2.46. The highest BCUT2D eigenvalue weighted by molar-refractivity contribution is 6.11. The lowest BCUT2D eigenvalue weighted by Gasteiger charge is -2.30. The predicted molar refractivity (Wildman–Crippen MR) is 241 cm³/mol. The van der Waals surface area contributed by atoms with Crippen molar-refractivity contribution in [1.29, 1.82) is 0 Å². The Morgan fingerprint density at radius 2 is 1.02 bits per heavy atom. The molecule has 1 aromatic heterocycles. The van der Waals surface area contributed by atoms with Crippen LogP contribution in [0.25, 0.3) is 71.6 Å². The Balaban J connectivity index is 1.18. The van der Waals surface area contributed by atoms with Crippen molar-refractivity contribution in [2.24, 2.45) is 0 Å². The van der Waals surface area contributed by atoms with Crippen LogP contribution in [0.1, 0.15) is 25.0 Å². The first-order chi connectivity index (χ1) is 28.0. The summed E-state index contributed by atoms with van der Waals surface area (Å²) in [4.78, 5) is 2.48. The van der Waals surface area contributed by atoms with E-state index in [0.29, 0.717) is 0 Å². The van der Waals surface area contributed by atoms with Crippen LogP contribution < -0.4 is 4.90 Å². The van der Waals surface area contributed by atoms with Crippen LogP contribution >= 0.6 is 0 Å². The number of hydrogen-bond donors (Lipinski definition) is 0. The van der Waals surface area contributed by atoms with Crippen LogP contribution in [0.5, 0.6) is 0 Å². The number of anilines is 3. The van der Waals surface area contributed by atoms with E-state index >= 15 is 0 Å².